The van der Waals surface area contributed by atoms with Crippen LogP contribution in [-0.2, 0) is 11.8 Å². The van der Waals surface area contributed by atoms with Crippen molar-refractivity contribution < 1.29 is 4.79 Å². The molecule has 0 spiro atoms. The Bertz CT molecular complexity index is 455. The van der Waals surface area contributed by atoms with Gasteiger partial charge in [0.15, 0.2) is 0 Å². The number of imidazole rings is 1. The summed E-state index contributed by atoms with van der Waals surface area (Å²) in [6.45, 7) is 0.788. The molecule has 1 aliphatic carbocycles. The molecule has 1 saturated heterocycles. The van der Waals surface area contributed by atoms with Gasteiger partial charge in [-0.2, -0.15) is 0 Å². The molecule has 98 valence electrons. The van der Waals surface area contributed by atoms with Crippen molar-refractivity contribution in [3.63, 3.8) is 0 Å². The Balaban J connectivity index is 1.87. The SMILES string of the molecule is Cn1ccnc1C(C1CC1)N1CC(CCl)CC1=O. The van der Waals surface area contributed by atoms with Crippen LogP contribution in [-0.4, -0.2) is 32.8 Å². The summed E-state index contributed by atoms with van der Waals surface area (Å²) in [6.07, 6.45) is 6.76. The summed E-state index contributed by atoms with van der Waals surface area (Å²) < 4.78 is 2.03. The molecule has 0 bridgehead atoms. The summed E-state index contributed by atoms with van der Waals surface area (Å²) in [7, 11) is 2.00. The van der Waals surface area contributed by atoms with Crippen LogP contribution < -0.4 is 0 Å². The first-order valence-electron chi connectivity index (χ1n) is 6.53. The molecule has 1 aliphatic heterocycles. The first-order chi connectivity index (χ1) is 8.70. The van der Waals surface area contributed by atoms with Crippen LogP contribution in [0.2, 0.25) is 0 Å². The van der Waals surface area contributed by atoms with Crippen LogP contribution in [0.4, 0.5) is 0 Å². The van der Waals surface area contributed by atoms with E-state index in [0.717, 1.165) is 12.4 Å². The Kier molecular flexibility index (Phi) is 3.06. The van der Waals surface area contributed by atoms with E-state index in [4.69, 9.17) is 11.6 Å². The standard InChI is InChI=1S/C13H18ClN3O/c1-16-5-4-15-13(16)12(10-2-3-10)17-8-9(7-14)6-11(17)18/h4-5,9-10,12H,2-3,6-8H2,1H3. The second-order valence-electron chi connectivity index (χ2n) is 5.45. The van der Waals surface area contributed by atoms with Crippen LogP contribution in [0.5, 0.6) is 0 Å². The molecule has 1 aromatic heterocycles. The minimum Gasteiger partial charge on any atom is -0.336 e. The monoisotopic (exact) mass is 267 g/mol. The molecule has 2 fully saturated rings. The summed E-state index contributed by atoms with van der Waals surface area (Å²) in [5.41, 5.74) is 0. The van der Waals surface area contributed by atoms with Gasteiger partial charge < -0.3 is 9.47 Å². The summed E-state index contributed by atoms with van der Waals surface area (Å²) in [4.78, 5) is 18.6. The van der Waals surface area contributed by atoms with Crippen molar-refractivity contribution in [1.82, 2.24) is 14.5 Å². The van der Waals surface area contributed by atoms with E-state index in [-0.39, 0.29) is 11.9 Å². The molecule has 1 saturated carbocycles. The van der Waals surface area contributed by atoms with Crippen molar-refractivity contribution in [2.24, 2.45) is 18.9 Å². The van der Waals surface area contributed by atoms with E-state index in [2.05, 4.69) is 4.98 Å². The Labute approximate surface area is 112 Å². The fourth-order valence-corrected chi connectivity index (χ4v) is 3.07. The molecule has 2 heterocycles. The van der Waals surface area contributed by atoms with Crippen LogP contribution >= 0.6 is 11.6 Å². The van der Waals surface area contributed by atoms with E-state index in [1.807, 2.05) is 28.9 Å². The molecule has 2 aliphatic rings. The van der Waals surface area contributed by atoms with E-state index >= 15 is 0 Å². The Morgan fingerprint density at radius 3 is 2.83 bits per heavy atom. The number of amides is 1. The smallest absolute Gasteiger partial charge is 0.223 e. The second kappa shape index (κ2) is 4.57. The molecule has 3 rings (SSSR count). The minimum absolute atomic E-state index is 0.158. The van der Waals surface area contributed by atoms with Crippen molar-refractivity contribution in [2.75, 3.05) is 12.4 Å². The van der Waals surface area contributed by atoms with Gasteiger partial charge in [0.1, 0.15) is 5.82 Å². The maximum Gasteiger partial charge on any atom is 0.223 e. The molecule has 0 radical (unpaired) electrons. The quantitative estimate of drug-likeness (QED) is 0.782. The molecule has 5 heteroatoms. The Hall–Kier alpha value is -1.03. The Morgan fingerprint density at radius 1 is 1.56 bits per heavy atom. The van der Waals surface area contributed by atoms with Crippen molar-refractivity contribution in [3.05, 3.63) is 18.2 Å². The van der Waals surface area contributed by atoms with Gasteiger partial charge in [-0.05, 0) is 24.7 Å². The van der Waals surface area contributed by atoms with Crippen LogP contribution in [0.15, 0.2) is 12.4 Å². The van der Waals surface area contributed by atoms with Gasteiger partial charge in [0, 0.05) is 38.3 Å². The second-order valence-corrected chi connectivity index (χ2v) is 5.76. The lowest BCUT2D eigenvalue weighted by atomic mass is 10.1. The third-order valence-electron chi connectivity index (χ3n) is 3.98. The van der Waals surface area contributed by atoms with Gasteiger partial charge in [-0.15, -0.1) is 11.6 Å². The highest BCUT2D eigenvalue weighted by Gasteiger charge is 2.43. The molecule has 2 atom stereocenters. The number of carbonyl (C=O) groups is 1. The van der Waals surface area contributed by atoms with Gasteiger partial charge in [0.2, 0.25) is 5.91 Å². The molecule has 2 unspecified atom stereocenters. The lowest BCUT2D eigenvalue weighted by molar-refractivity contribution is -0.130. The first kappa shape index (κ1) is 12.0. The summed E-state index contributed by atoms with van der Waals surface area (Å²) in [5.74, 6) is 2.71. The number of likely N-dealkylation sites (tertiary alicyclic amines) is 1. The maximum absolute atomic E-state index is 12.2. The lowest BCUT2D eigenvalue weighted by Gasteiger charge is -2.27. The number of nitrogens with zero attached hydrogens (tertiary/aromatic N) is 3. The maximum atomic E-state index is 12.2. The molecule has 1 aromatic rings. The number of carbonyl (C=O) groups excluding carboxylic acids is 1. The molecule has 18 heavy (non-hydrogen) atoms. The number of hydrogen-bond donors (Lipinski definition) is 0. The summed E-state index contributed by atoms with van der Waals surface area (Å²) in [5, 5.41) is 0. The Morgan fingerprint density at radius 2 is 2.33 bits per heavy atom. The third-order valence-corrected chi connectivity index (χ3v) is 4.42. The normalized spacial score (nSPS) is 25.8. The highest BCUT2D eigenvalue weighted by molar-refractivity contribution is 6.18. The van der Waals surface area contributed by atoms with E-state index in [0.29, 0.717) is 24.1 Å². The van der Waals surface area contributed by atoms with Crippen LogP contribution in [0, 0.1) is 11.8 Å². The molecule has 0 aromatic carbocycles. The predicted molar refractivity (Wildman–Crippen MR) is 69.2 cm³/mol. The number of halogens is 1. The van der Waals surface area contributed by atoms with E-state index in [1.165, 1.54) is 12.8 Å². The van der Waals surface area contributed by atoms with Crippen molar-refractivity contribution in [3.8, 4) is 0 Å². The molecule has 1 amide bonds. The number of aryl methyl sites for hydroxylation is 1. The van der Waals surface area contributed by atoms with Gasteiger partial charge in [-0.1, -0.05) is 0 Å². The minimum atomic E-state index is 0.158. The summed E-state index contributed by atoms with van der Waals surface area (Å²) >= 11 is 5.89. The average Bonchev–Trinajstić information content (AvgIpc) is 3.00. The highest BCUT2D eigenvalue weighted by atomic mass is 35.5. The van der Waals surface area contributed by atoms with E-state index < -0.39 is 0 Å². The van der Waals surface area contributed by atoms with Gasteiger partial charge in [0.05, 0.1) is 6.04 Å². The van der Waals surface area contributed by atoms with Crippen LogP contribution in [0.3, 0.4) is 0 Å². The van der Waals surface area contributed by atoms with Gasteiger partial charge >= 0.3 is 0 Å². The van der Waals surface area contributed by atoms with Gasteiger partial charge in [-0.3, -0.25) is 4.79 Å². The number of aromatic nitrogens is 2. The topological polar surface area (TPSA) is 38.1 Å². The van der Waals surface area contributed by atoms with Crippen molar-refractivity contribution in [1.29, 1.82) is 0 Å². The zero-order valence-corrected chi connectivity index (χ0v) is 11.3. The number of alkyl halides is 1. The predicted octanol–water partition coefficient (Wildman–Crippen LogP) is 1.96. The largest absolute Gasteiger partial charge is 0.336 e. The zero-order chi connectivity index (χ0) is 12.7. The molecular formula is C13H18ClN3O. The van der Waals surface area contributed by atoms with Crippen molar-refractivity contribution in [2.45, 2.75) is 25.3 Å². The van der Waals surface area contributed by atoms with Crippen molar-refractivity contribution >= 4 is 17.5 Å². The molecule has 4 nitrogen and oxygen atoms in total. The third kappa shape index (κ3) is 2.03. The van der Waals surface area contributed by atoms with Gasteiger partial charge in [-0.25, -0.2) is 4.98 Å². The lowest BCUT2D eigenvalue weighted by Crippen LogP contribution is -2.33. The van der Waals surface area contributed by atoms with Crippen LogP contribution in [0.25, 0.3) is 0 Å². The molecule has 0 N–H and O–H groups in total. The van der Waals surface area contributed by atoms with E-state index in [1.54, 1.807) is 0 Å². The van der Waals surface area contributed by atoms with Gasteiger partial charge in [0.25, 0.3) is 0 Å². The average molecular weight is 268 g/mol. The number of rotatable bonds is 4. The summed E-state index contributed by atoms with van der Waals surface area (Å²) in [6, 6.07) is 0.158. The van der Waals surface area contributed by atoms with E-state index in [9.17, 15) is 4.79 Å². The highest BCUT2D eigenvalue weighted by Crippen LogP contribution is 2.45. The fourth-order valence-electron chi connectivity index (χ4n) is 2.86. The zero-order valence-electron chi connectivity index (χ0n) is 10.6. The van der Waals surface area contributed by atoms with Crippen LogP contribution in [0.1, 0.15) is 31.1 Å². The fraction of sp³-hybridized carbons (Fsp3) is 0.692. The molecular weight excluding hydrogens is 250 g/mol. The number of hydrogen-bond acceptors (Lipinski definition) is 2. The first-order valence-corrected chi connectivity index (χ1v) is 7.06.